The van der Waals surface area contributed by atoms with Crippen LogP contribution in [0.5, 0.6) is 0 Å². The summed E-state index contributed by atoms with van der Waals surface area (Å²) in [5.74, 6) is -0.488. The molecule has 1 fully saturated rings. The molecule has 0 radical (unpaired) electrons. The van der Waals surface area contributed by atoms with Crippen LogP contribution < -0.4 is 10.6 Å². The number of pyridine rings is 1. The Kier molecular flexibility index (Phi) is 6.27. The topological polar surface area (TPSA) is 91.5 Å². The van der Waals surface area contributed by atoms with E-state index >= 15 is 4.39 Å². The summed E-state index contributed by atoms with van der Waals surface area (Å²) in [6.07, 6.45) is 5.50. The van der Waals surface area contributed by atoms with Crippen LogP contribution in [0.1, 0.15) is 62.5 Å². The summed E-state index contributed by atoms with van der Waals surface area (Å²) in [6, 6.07) is 12.8. The number of halogens is 2. The lowest BCUT2D eigenvalue weighted by Crippen LogP contribution is -2.20. The summed E-state index contributed by atoms with van der Waals surface area (Å²) in [5.41, 5.74) is 3.08. The summed E-state index contributed by atoms with van der Waals surface area (Å²) in [6.45, 7) is 6.87. The van der Waals surface area contributed by atoms with Gasteiger partial charge < -0.3 is 10.6 Å². The first-order valence-electron chi connectivity index (χ1n) is 11.9. The third kappa shape index (κ3) is 4.98. The Morgan fingerprint density at radius 3 is 2.72 bits per heavy atom. The molecule has 1 aliphatic carbocycles. The zero-order valence-corrected chi connectivity index (χ0v) is 21.1. The van der Waals surface area contributed by atoms with Gasteiger partial charge in [-0.25, -0.2) is 9.07 Å². The van der Waals surface area contributed by atoms with E-state index in [2.05, 4.69) is 52.8 Å². The van der Waals surface area contributed by atoms with Gasteiger partial charge in [-0.05, 0) is 42.0 Å². The van der Waals surface area contributed by atoms with Crippen molar-refractivity contribution >= 4 is 33.9 Å². The third-order valence-corrected chi connectivity index (χ3v) is 6.46. The Balaban J connectivity index is 1.59. The van der Waals surface area contributed by atoms with Crippen molar-refractivity contribution in [2.24, 2.45) is 5.41 Å². The van der Waals surface area contributed by atoms with Crippen LogP contribution in [-0.2, 0) is 0 Å². The van der Waals surface area contributed by atoms with Crippen LogP contribution in [0.25, 0.3) is 10.9 Å². The molecule has 184 valence electrons. The summed E-state index contributed by atoms with van der Waals surface area (Å²) in [4.78, 5) is 4.22. The van der Waals surface area contributed by atoms with E-state index in [-0.39, 0.29) is 10.9 Å². The molecule has 7 nitrogen and oxygen atoms in total. The van der Waals surface area contributed by atoms with E-state index in [0.29, 0.717) is 45.6 Å². The number of anilines is 2. The minimum Gasteiger partial charge on any atom is -0.383 e. The molecule has 2 aromatic carbocycles. The summed E-state index contributed by atoms with van der Waals surface area (Å²) in [7, 11) is 0. The largest absolute Gasteiger partial charge is 0.383 e. The molecule has 1 saturated carbocycles. The summed E-state index contributed by atoms with van der Waals surface area (Å²) >= 11 is 6.57. The normalized spacial score (nSPS) is 14.4. The van der Waals surface area contributed by atoms with E-state index < -0.39 is 11.9 Å². The Labute approximate surface area is 214 Å². The van der Waals surface area contributed by atoms with Gasteiger partial charge in [-0.1, -0.05) is 55.8 Å². The molecule has 2 heterocycles. The Bertz CT molecular complexity index is 1460. The highest BCUT2D eigenvalue weighted by Crippen LogP contribution is 2.37. The van der Waals surface area contributed by atoms with Gasteiger partial charge in [-0.3, -0.25) is 4.98 Å². The second-order valence-corrected chi connectivity index (χ2v) is 10.8. The fourth-order valence-corrected chi connectivity index (χ4v) is 4.34. The number of nitriles is 1. The molecule has 0 aliphatic heterocycles. The number of nitrogens with zero attached hydrogens (tertiary/aromatic N) is 5. The number of hydrogen-bond donors (Lipinski definition) is 2. The molecule has 0 saturated heterocycles. The monoisotopic (exact) mass is 503 g/mol. The maximum Gasteiger partial charge on any atom is 0.151 e. The van der Waals surface area contributed by atoms with Gasteiger partial charge >= 0.3 is 0 Å². The van der Waals surface area contributed by atoms with Crippen molar-refractivity contribution in [2.45, 2.75) is 45.7 Å². The lowest BCUT2D eigenvalue weighted by atomic mass is 9.96. The van der Waals surface area contributed by atoms with Crippen LogP contribution in [0.3, 0.4) is 0 Å². The highest BCUT2D eigenvalue weighted by Gasteiger charge is 2.28. The Morgan fingerprint density at radius 1 is 1.25 bits per heavy atom. The Morgan fingerprint density at radius 2 is 2.03 bits per heavy atom. The van der Waals surface area contributed by atoms with E-state index in [4.69, 9.17) is 11.6 Å². The predicted molar refractivity (Wildman–Crippen MR) is 140 cm³/mol. The van der Waals surface area contributed by atoms with Crippen molar-refractivity contribution in [2.75, 3.05) is 17.2 Å². The average Bonchev–Trinajstić information content (AvgIpc) is 3.57. The van der Waals surface area contributed by atoms with Gasteiger partial charge in [0.15, 0.2) is 5.82 Å². The molecule has 0 spiro atoms. The third-order valence-electron chi connectivity index (χ3n) is 6.11. The second kappa shape index (κ2) is 9.40. The molecule has 0 amide bonds. The molecule has 2 N–H and O–H groups in total. The number of rotatable bonds is 7. The number of fused-ring (bicyclic) bond motifs is 1. The van der Waals surface area contributed by atoms with Gasteiger partial charge in [0.05, 0.1) is 29.5 Å². The smallest absolute Gasteiger partial charge is 0.151 e. The molecule has 1 aliphatic rings. The van der Waals surface area contributed by atoms with Gasteiger partial charge in [0, 0.05) is 28.8 Å². The molecule has 2 aromatic heterocycles. The molecule has 36 heavy (non-hydrogen) atoms. The molecule has 5 rings (SSSR count). The van der Waals surface area contributed by atoms with Crippen molar-refractivity contribution in [1.29, 1.82) is 5.26 Å². The standard InChI is InChI=1S/C27H27ClFN7/c1-27(2,3)15-32-24-16(12-30)13-31-25-20(24)10-17(11-22(25)29)33-26(19-6-4-5-7-21(19)28)23-14-36(35-34-23)18-8-9-18/h4-7,10-11,13-14,18,26,33H,8-9,15H2,1-3H3,(H,31,32)/t26-/m0/s1. The highest BCUT2D eigenvalue weighted by molar-refractivity contribution is 6.31. The van der Waals surface area contributed by atoms with E-state index in [9.17, 15) is 5.26 Å². The zero-order chi connectivity index (χ0) is 25.4. The zero-order valence-electron chi connectivity index (χ0n) is 20.4. The fraction of sp³-hybridized carbons (Fsp3) is 0.333. The van der Waals surface area contributed by atoms with Crippen LogP contribution in [0.15, 0.2) is 48.8 Å². The van der Waals surface area contributed by atoms with Crippen LogP contribution in [-0.4, -0.2) is 26.5 Å². The minimum absolute atomic E-state index is 0.0424. The quantitative estimate of drug-likeness (QED) is 0.299. The van der Waals surface area contributed by atoms with Crippen LogP contribution in [0.2, 0.25) is 5.02 Å². The number of benzene rings is 2. The van der Waals surface area contributed by atoms with Crippen LogP contribution >= 0.6 is 11.6 Å². The van der Waals surface area contributed by atoms with Gasteiger partial charge in [0.2, 0.25) is 0 Å². The molecule has 1 atom stereocenters. The predicted octanol–water partition coefficient (Wildman–Crippen LogP) is 6.48. The number of hydrogen-bond acceptors (Lipinski definition) is 6. The van der Waals surface area contributed by atoms with E-state index in [1.54, 1.807) is 0 Å². The first-order valence-corrected chi connectivity index (χ1v) is 12.3. The van der Waals surface area contributed by atoms with Crippen molar-refractivity contribution in [3.05, 3.63) is 76.5 Å². The summed E-state index contributed by atoms with van der Waals surface area (Å²) < 4.78 is 17.2. The number of aromatic nitrogens is 4. The van der Waals surface area contributed by atoms with Gasteiger partial charge in [0.1, 0.15) is 17.3 Å². The lowest BCUT2D eigenvalue weighted by Gasteiger charge is -2.22. The highest BCUT2D eigenvalue weighted by atomic mass is 35.5. The Hall–Kier alpha value is -3.70. The minimum atomic E-state index is -0.488. The van der Waals surface area contributed by atoms with E-state index in [1.807, 2.05) is 41.2 Å². The van der Waals surface area contributed by atoms with Gasteiger partial charge in [0.25, 0.3) is 0 Å². The maximum absolute atomic E-state index is 15.3. The second-order valence-electron chi connectivity index (χ2n) is 10.4. The van der Waals surface area contributed by atoms with Crippen LogP contribution in [0, 0.1) is 22.6 Å². The van der Waals surface area contributed by atoms with Crippen molar-refractivity contribution in [3.8, 4) is 6.07 Å². The number of nitrogens with one attached hydrogen (secondary N) is 2. The van der Waals surface area contributed by atoms with Gasteiger partial charge in [-0.2, -0.15) is 5.26 Å². The molecule has 9 heteroatoms. The molecule has 0 unspecified atom stereocenters. The molecular weight excluding hydrogens is 477 g/mol. The lowest BCUT2D eigenvalue weighted by molar-refractivity contribution is 0.443. The van der Waals surface area contributed by atoms with Gasteiger partial charge in [-0.15, -0.1) is 5.10 Å². The molecular formula is C27H27ClFN7. The van der Waals surface area contributed by atoms with E-state index in [1.165, 1.54) is 12.3 Å². The average molecular weight is 504 g/mol. The molecule has 4 aromatic rings. The van der Waals surface area contributed by atoms with Crippen LogP contribution in [0.4, 0.5) is 15.8 Å². The SMILES string of the molecule is CC(C)(C)CNc1c(C#N)cnc2c(F)cc(N[C@H](c3cn(C4CC4)nn3)c3ccccc3Cl)cc12. The van der Waals surface area contributed by atoms with Crippen molar-refractivity contribution in [3.63, 3.8) is 0 Å². The first kappa shape index (κ1) is 24.0. The van der Waals surface area contributed by atoms with E-state index in [0.717, 1.165) is 18.4 Å². The first-order chi connectivity index (χ1) is 17.2. The molecule has 0 bridgehead atoms. The summed E-state index contributed by atoms with van der Waals surface area (Å²) in [5, 5.41) is 26.3. The van der Waals surface area contributed by atoms with Crippen molar-refractivity contribution in [1.82, 2.24) is 20.0 Å². The van der Waals surface area contributed by atoms with Crippen molar-refractivity contribution < 1.29 is 4.39 Å². The fourth-order valence-electron chi connectivity index (χ4n) is 4.10. The maximum atomic E-state index is 15.3.